The van der Waals surface area contributed by atoms with E-state index in [0.29, 0.717) is 19.6 Å². The van der Waals surface area contributed by atoms with E-state index in [-0.39, 0.29) is 23.3 Å². The summed E-state index contributed by atoms with van der Waals surface area (Å²) in [6.45, 7) is 6.99. The van der Waals surface area contributed by atoms with Crippen molar-refractivity contribution in [3.8, 4) is 0 Å². The molecule has 2 saturated carbocycles. The van der Waals surface area contributed by atoms with Crippen LogP contribution in [-0.4, -0.2) is 35.9 Å². The SMILES string of the molecule is CCO[C@@H]1C[C@@](O)(CNC(=O)C2CCC2)C1(C)C. The zero-order valence-electron chi connectivity index (χ0n) is 11.7. The Labute approximate surface area is 109 Å². The predicted octanol–water partition coefficient (Wildman–Crippen LogP) is 1.47. The molecule has 0 aromatic rings. The van der Waals surface area contributed by atoms with E-state index in [9.17, 15) is 9.90 Å². The lowest BCUT2D eigenvalue weighted by atomic mass is 9.56. The molecule has 0 saturated heterocycles. The van der Waals surface area contributed by atoms with Crippen molar-refractivity contribution in [3.63, 3.8) is 0 Å². The van der Waals surface area contributed by atoms with E-state index in [1.165, 1.54) is 0 Å². The lowest BCUT2D eigenvalue weighted by molar-refractivity contribution is -0.238. The fraction of sp³-hybridized carbons (Fsp3) is 0.929. The Morgan fingerprint density at radius 2 is 2.11 bits per heavy atom. The maximum absolute atomic E-state index is 11.8. The second kappa shape index (κ2) is 4.82. The third kappa shape index (κ3) is 2.16. The van der Waals surface area contributed by atoms with Gasteiger partial charge in [-0.3, -0.25) is 4.79 Å². The number of nitrogens with one attached hydrogen (secondary N) is 1. The number of hydrogen-bond donors (Lipinski definition) is 2. The number of rotatable bonds is 5. The van der Waals surface area contributed by atoms with Crippen molar-refractivity contribution in [2.24, 2.45) is 11.3 Å². The fourth-order valence-corrected chi connectivity index (χ4v) is 2.81. The van der Waals surface area contributed by atoms with E-state index < -0.39 is 5.60 Å². The number of carbonyl (C=O) groups excluding carboxylic acids is 1. The molecule has 2 rings (SSSR count). The third-order valence-electron chi connectivity index (χ3n) is 4.93. The van der Waals surface area contributed by atoms with Gasteiger partial charge in [-0.05, 0) is 19.8 Å². The Kier molecular flexibility index (Phi) is 3.70. The van der Waals surface area contributed by atoms with Gasteiger partial charge in [0.25, 0.3) is 0 Å². The highest BCUT2D eigenvalue weighted by Gasteiger charge is 2.60. The van der Waals surface area contributed by atoms with Crippen LogP contribution < -0.4 is 5.32 Å². The summed E-state index contributed by atoms with van der Waals surface area (Å²) in [4.78, 5) is 11.8. The van der Waals surface area contributed by atoms with Crippen LogP contribution in [0.25, 0.3) is 0 Å². The first-order valence-corrected chi connectivity index (χ1v) is 7.02. The van der Waals surface area contributed by atoms with Gasteiger partial charge in [0.2, 0.25) is 5.91 Å². The first kappa shape index (κ1) is 13.8. The molecule has 2 aliphatic carbocycles. The first-order valence-electron chi connectivity index (χ1n) is 7.02. The van der Waals surface area contributed by atoms with Gasteiger partial charge in [-0.1, -0.05) is 20.3 Å². The molecule has 4 nitrogen and oxygen atoms in total. The molecule has 2 N–H and O–H groups in total. The van der Waals surface area contributed by atoms with Crippen LogP contribution in [0.3, 0.4) is 0 Å². The molecule has 2 atom stereocenters. The number of amides is 1. The normalized spacial score (nSPS) is 34.6. The molecule has 0 radical (unpaired) electrons. The summed E-state index contributed by atoms with van der Waals surface area (Å²) in [5, 5.41) is 13.5. The van der Waals surface area contributed by atoms with E-state index >= 15 is 0 Å². The van der Waals surface area contributed by atoms with Crippen molar-refractivity contribution in [2.45, 2.75) is 58.2 Å². The molecule has 0 unspecified atom stereocenters. The van der Waals surface area contributed by atoms with Gasteiger partial charge >= 0.3 is 0 Å². The van der Waals surface area contributed by atoms with E-state index in [1.807, 2.05) is 20.8 Å². The largest absolute Gasteiger partial charge is 0.387 e. The lowest BCUT2D eigenvalue weighted by Crippen LogP contribution is -2.69. The summed E-state index contributed by atoms with van der Waals surface area (Å²) in [5.74, 6) is 0.282. The van der Waals surface area contributed by atoms with Crippen molar-refractivity contribution in [2.75, 3.05) is 13.2 Å². The smallest absolute Gasteiger partial charge is 0.223 e. The standard InChI is InChI=1S/C14H25NO3/c1-4-18-11-8-14(17,13(11,2)3)9-15-12(16)10-6-5-7-10/h10-11,17H,4-9H2,1-3H3,(H,15,16)/t11-,14-/m1/s1. The van der Waals surface area contributed by atoms with Gasteiger partial charge in [0.05, 0.1) is 11.7 Å². The molecular formula is C14H25NO3. The summed E-state index contributed by atoms with van der Waals surface area (Å²) >= 11 is 0. The zero-order chi connectivity index (χ0) is 13.4. The van der Waals surface area contributed by atoms with Crippen LogP contribution in [0.1, 0.15) is 46.5 Å². The van der Waals surface area contributed by atoms with Crippen LogP contribution in [0.15, 0.2) is 0 Å². The Morgan fingerprint density at radius 3 is 2.56 bits per heavy atom. The van der Waals surface area contributed by atoms with Crippen molar-refractivity contribution in [1.82, 2.24) is 5.32 Å². The summed E-state index contributed by atoms with van der Waals surface area (Å²) in [5.41, 5.74) is -1.12. The quantitative estimate of drug-likeness (QED) is 0.782. The molecular weight excluding hydrogens is 230 g/mol. The predicted molar refractivity (Wildman–Crippen MR) is 69.1 cm³/mol. The van der Waals surface area contributed by atoms with E-state index in [2.05, 4.69) is 5.32 Å². The van der Waals surface area contributed by atoms with Crippen molar-refractivity contribution < 1.29 is 14.6 Å². The number of carbonyl (C=O) groups is 1. The number of aliphatic hydroxyl groups is 1. The number of hydrogen-bond acceptors (Lipinski definition) is 3. The van der Waals surface area contributed by atoms with Gasteiger partial charge in [-0.2, -0.15) is 0 Å². The van der Waals surface area contributed by atoms with Gasteiger partial charge in [0.1, 0.15) is 0 Å². The summed E-state index contributed by atoms with van der Waals surface area (Å²) in [6.07, 6.45) is 3.84. The molecule has 0 heterocycles. The maximum Gasteiger partial charge on any atom is 0.223 e. The molecule has 18 heavy (non-hydrogen) atoms. The Bertz CT molecular complexity index is 325. The van der Waals surface area contributed by atoms with Crippen LogP contribution in [0.2, 0.25) is 0 Å². The Morgan fingerprint density at radius 1 is 1.44 bits per heavy atom. The maximum atomic E-state index is 11.8. The van der Waals surface area contributed by atoms with Gasteiger partial charge < -0.3 is 15.2 Å². The second-order valence-electron chi connectivity index (χ2n) is 6.25. The summed E-state index contributed by atoms with van der Waals surface area (Å²) < 4.78 is 5.60. The van der Waals surface area contributed by atoms with Crippen LogP contribution in [0.4, 0.5) is 0 Å². The molecule has 2 fully saturated rings. The molecule has 4 heteroatoms. The third-order valence-corrected chi connectivity index (χ3v) is 4.93. The van der Waals surface area contributed by atoms with Crippen LogP contribution in [0.5, 0.6) is 0 Å². The van der Waals surface area contributed by atoms with Crippen molar-refractivity contribution >= 4 is 5.91 Å². The van der Waals surface area contributed by atoms with Crippen molar-refractivity contribution in [1.29, 1.82) is 0 Å². The minimum atomic E-state index is -0.827. The number of ether oxygens (including phenoxy) is 1. The highest BCUT2D eigenvalue weighted by atomic mass is 16.5. The average molecular weight is 255 g/mol. The average Bonchev–Trinajstić information content (AvgIpc) is 2.23. The Balaban J connectivity index is 1.83. The summed E-state index contributed by atoms with van der Waals surface area (Å²) in [7, 11) is 0. The molecule has 0 aliphatic heterocycles. The molecule has 0 aromatic heterocycles. The highest BCUT2D eigenvalue weighted by Crippen LogP contribution is 2.51. The Hall–Kier alpha value is -0.610. The lowest BCUT2D eigenvalue weighted by Gasteiger charge is -2.58. The molecule has 0 aromatic carbocycles. The van der Waals surface area contributed by atoms with Gasteiger partial charge in [-0.25, -0.2) is 0 Å². The summed E-state index contributed by atoms with van der Waals surface area (Å²) in [6, 6.07) is 0. The minimum absolute atomic E-state index is 0.0908. The topological polar surface area (TPSA) is 58.6 Å². The van der Waals surface area contributed by atoms with E-state index in [4.69, 9.17) is 4.74 Å². The highest BCUT2D eigenvalue weighted by molar-refractivity contribution is 5.79. The van der Waals surface area contributed by atoms with Gasteiger partial charge in [0, 0.05) is 30.9 Å². The van der Waals surface area contributed by atoms with Crippen LogP contribution in [0, 0.1) is 11.3 Å². The first-order chi connectivity index (χ1) is 8.40. The minimum Gasteiger partial charge on any atom is -0.387 e. The molecule has 104 valence electrons. The molecule has 1 amide bonds. The zero-order valence-corrected chi connectivity index (χ0v) is 11.7. The monoisotopic (exact) mass is 255 g/mol. The molecule has 2 aliphatic rings. The van der Waals surface area contributed by atoms with Crippen LogP contribution in [-0.2, 0) is 9.53 Å². The van der Waals surface area contributed by atoms with Gasteiger partial charge in [0.15, 0.2) is 0 Å². The second-order valence-corrected chi connectivity index (χ2v) is 6.25. The molecule has 0 bridgehead atoms. The van der Waals surface area contributed by atoms with E-state index in [0.717, 1.165) is 19.3 Å². The van der Waals surface area contributed by atoms with Crippen LogP contribution >= 0.6 is 0 Å². The van der Waals surface area contributed by atoms with Crippen molar-refractivity contribution in [3.05, 3.63) is 0 Å². The van der Waals surface area contributed by atoms with E-state index in [1.54, 1.807) is 0 Å². The fourth-order valence-electron chi connectivity index (χ4n) is 2.81. The van der Waals surface area contributed by atoms with Gasteiger partial charge in [-0.15, -0.1) is 0 Å². The molecule has 0 spiro atoms.